The average molecular weight is 307 g/mol. The minimum Gasteiger partial charge on any atom is -0.467 e. The van der Waals surface area contributed by atoms with Crippen LogP contribution in [0.2, 0.25) is 0 Å². The smallest absolute Gasteiger partial charge is 0.411 e. The van der Waals surface area contributed by atoms with Gasteiger partial charge in [-0.25, -0.2) is 9.59 Å². The molecular formula is C17H25NO4. The third-order valence-electron chi connectivity index (χ3n) is 5.16. The standard InChI is InChI=1S/C17H25NO4/c1-17(2,3)22-16(20)18-9-12-10-5-7-11(8-6-10)13(12)14(18)15(19)21-4/h5,7,10-14H,6,8-9H2,1-4H3. The van der Waals surface area contributed by atoms with E-state index in [0.717, 1.165) is 12.8 Å². The number of methoxy groups -OCH3 is 1. The Bertz CT molecular complexity index is 507. The van der Waals surface area contributed by atoms with Gasteiger partial charge >= 0.3 is 12.1 Å². The zero-order chi connectivity index (χ0) is 16.1. The molecule has 5 unspecified atom stereocenters. The molecular weight excluding hydrogens is 282 g/mol. The Kier molecular flexibility index (Phi) is 3.69. The van der Waals surface area contributed by atoms with Crippen molar-refractivity contribution in [2.24, 2.45) is 23.7 Å². The molecule has 3 aliphatic carbocycles. The van der Waals surface area contributed by atoms with Gasteiger partial charge in [0.25, 0.3) is 0 Å². The summed E-state index contributed by atoms with van der Waals surface area (Å²) in [4.78, 5) is 26.5. The number of allylic oxidation sites excluding steroid dienone is 2. The van der Waals surface area contributed by atoms with Gasteiger partial charge in [0.1, 0.15) is 11.6 Å². The first-order valence-corrected chi connectivity index (χ1v) is 8.07. The molecule has 1 saturated carbocycles. The Hall–Kier alpha value is -1.52. The number of ether oxygens (including phenoxy) is 2. The van der Waals surface area contributed by atoms with Gasteiger partial charge in [-0.15, -0.1) is 0 Å². The van der Waals surface area contributed by atoms with Crippen molar-refractivity contribution in [3.05, 3.63) is 12.2 Å². The maximum atomic E-state index is 12.5. The van der Waals surface area contributed by atoms with E-state index >= 15 is 0 Å². The van der Waals surface area contributed by atoms with Crippen molar-refractivity contribution in [2.75, 3.05) is 13.7 Å². The highest BCUT2D eigenvalue weighted by molar-refractivity contribution is 5.83. The third-order valence-corrected chi connectivity index (χ3v) is 5.16. The van der Waals surface area contributed by atoms with Crippen LogP contribution >= 0.6 is 0 Å². The number of amides is 1. The summed E-state index contributed by atoms with van der Waals surface area (Å²) in [5, 5.41) is 0. The second-order valence-corrected chi connectivity index (χ2v) is 7.63. The van der Waals surface area contributed by atoms with Gasteiger partial charge in [-0.1, -0.05) is 12.2 Å². The summed E-state index contributed by atoms with van der Waals surface area (Å²) in [5.74, 6) is 1.03. The minimum absolute atomic E-state index is 0.170. The van der Waals surface area contributed by atoms with E-state index in [9.17, 15) is 9.59 Å². The molecule has 1 heterocycles. The first-order chi connectivity index (χ1) is 10.3. The second kappa shape index (κ2) is 5.28. The molecule has 0 aromatic carbocycles. The Morgan fingerprint density at radius 1 is 1.14 bits per heavy atom. The molecule has 0 radical (unpaired) electrons. The summed E-state index contributed by atoms with van der Waals surface area (Å²) < 4.78 is 10.5. The van der Waals surface area contributed by atoms with Crippen LogP contribution in [-0.4, -0.2) is 42.3 Å². The Morgan fingerprint density at radius 3 is 2.32 bits per heavy atom. The van der Waals surface area contributed by atoms with E-state index in [1.54, 1.807) is 4.90 Å². The van der Waals surface area contributed by atoms with Gasteiger partial charge in [0.15, 0.2) is 0 Å². The number of esters is 1. The van der Waals surface area contributed by atoms with Crippen LogP contribution in [0.4, 0.5) is 4.79 Å². The van der Waals surface area contributed by atoms with Gasteiger partial charge in [-0.05, 0) is 51.4 Å². The van der Waals surface area contributed by atoms with Gasteiger partial charge in [0.05, 0.1) is 7.11 Å². The predicted octanol–water partition coefficient (Wildman–Crippen LogP) is 2.61. The Labute approximate surface area is 131 Å². The van der Waals surface area contributed by atoms with Crippen molar-refractivity contribution < 1.29 is 19.1 Å². The maximum Gasteiger partial charge on any atom is 0.411 e. The number of nitrogens with zero attached hydrogens (tertiary/aromatic N) is 1. The van der Waals surface area contributed by atoms with Crippen LogP contribution in [0.1, 0.15) is 33.6 Å². The molecule has 0 aromatic heterocycles. The Balaban J connectivity index is 1.87. The molecule has 1 amide bonds. The van der Waals surface area contributed by atoms with Crippen LogP contribution in [-0.2, 0) is 14.3 Å². The van der Waals surface area contributed by atoms with Crippen LogP contribution in [0.25, 0.3) is 0 Å². The number of rotatable bonds is 1. The number of carbonyl (C=O) groups is 2. The zero-order valence-electron chi connectivity index (χ0n) is 13.7. The van der Waals surface area contributed by atoms with Crippen LogP contribution in [0.5, 0.6) is 0 Å². The first-order valence-electron chi connectivity index (χ1n) is 8.07. The van der Waals surface area contributed by atoms with E-state index in [1.807, 2.05) is 20.8 Å². The summed E-state index contributed by atoms with van der Waals surface area (Å²) >= 11 is 0. The summed E-state index contributed by atoms with van der Waals surface area (Å²) in [7, 11) is 1.39. The van der Waals surface area contributed by atoms with E-state index in [-0.39, 0.29) is 11.9 Å². The molecule has 0 N–H and O–H groups in total. The third kappa shape index (κ3) is 2.50. The quantitative estimate of drug-likeness (QED) is 0.552. The fourth-order valence-electron chi connectivity index (χ4n) is 4.33. The monoisotopic (exact) mass is 307 g/mol. The highest BCUT2D eigenvalue weighted by Gasteiger charge is 2.56. The molecule has 4 rings (SSSR count). The highest BCUT2D eigenvalue weighted by Crippen LogP contribution is 2.51. The molecule has 5 nitrogen and oxygen atoms in total. The van der Waals surface area contributed by atoms with Crippen molar-refractivity contribution >= 4 is 12.1 Å². The van der Waals surface area contributed by atoms with E-state index in [4.69, 9.17) is 9.47 Å². The molecule has 1 aliphatic heterocycles. The number of likely N-dealkylation sites (tertiary alicyclic amines) is 1. The van der Waals surface area contributed by atoms with Gasteiger partial charge in [0, 0.05) is 12.5 Å². The minimum atomic E-state index is -0.567. The van der Waals surface area contributed by atoms with Gasteiger partial charge in [-0.3, -0.25) is 4.90 Å². The fourth-order valence-corrected chi connectivity index (χ4v) is 4.33. The second-order valence-electron chi connectivity index (χ2n) is 7.63. The van der Waals surface area contributed by atoms with Crippen molar-refractivity contribution in [1.29, 1.82) is 0 Å². The number of hydrogen-bond donors (Lipinski definition) is 0. The van der Waals surface area contributed by atoms with Crippen LogP contribution in [0.3, 0.4) is 0 Å². The Morgan fingerprint density at radius 2 is 1.77 bits per heavy atom. The molecule has 5 atom stereocenters. The number of carbonyl (C=O) groups excluding carboxylic acids is 2. The van der Waals surface area contributed by atoms with Crippen molar-refractivity contribution in [3.63, 3.8) is 0 Å². The topological polar surface area (TPSA) is 55.8 Å². The number of fused-ring (bicyclic) bond motifs is 1. The summed E-state index contributed by atoms with van der Waals surface area (Å²) in [6, 6.07) is -0.511. The summed E-state index contributed by atoms with van der Waals surface area (Å²) in [6.07, 6.45) is 6.33. The maximum absolute atomic E-state index is 12.5. The molecule has 4 aliphatic rings. The summed E-state index contributed by atoms with van der Waals surface area (Å²) in [6.45, 7) is 6.11. The van der Waals surface area contributed by atoms with Crippen molar-refractivity contribution in [2.45, 2.75) is 45.3 Å². The fraction of sp³-hybridized carbons (Fsp3) is 0.765. The lowest BCUT2D eigenvalue weighted by Gasteiger charge is -2.42. The largest absolute Gasteiger partial charge is 0.467 e. The molecule has 0 aromatic rings. The number of hydrogen-bond acceptors (Lipinski definition) is 4. The van der Waals surface area contributed by atoms with Crippen LogP contribution in [0, 0.1) is 23.7 Å². The molecule has 122 valence electrons. The lowest BCUT2D eigenvalue weighted by Crippen LogP contribution is -2.48. The van der Waals surface area contributed by atoms with Crippen molar-refractivity contribution in [3.8, 4) is 0 Å². The van der Waals surface area contributed by atoms with Crippen LogP contribution in [0.15, 0.2) is 12.2 Å². The molecule has 2 fully saturated rings. The lowest BCUT2D eigenvalue weighted by atomic mass is 9.62. The van der Waals surface area contributed by atoms with Crippen molar-refractivity contribution in [1.82, 2.24) is 4.90 Å². The summed E-state index contributed by atoms with van der Waals surface area (Å²) in [5.41, 5.74) is -0.567. The van der Waals surface area contributed by atoms with Gasteiger partial charge in [-0.2, -0.15) is 0 Å². The average Bonchev–Trinajstić information content (AvgIpc) is 2.88. The molecule has 22 heavy (non-hydrogen) atoms. The first kappa shape index (κ1) is 15.4. The van der Waals surface area contributed by atoms with E-state index in [0.29, 0.717) is 24.3 Å². The molecule has 5 heteroatoms. The SMILES string of the molecule is COC(=O)C1C2C3C=CC(CC3)C2CN1C(=O)OC(C)(C)C. The highest BCUT2D eigenvalue weighted by atomic mass is 16.6. The zero-order valence-corrected chi connectivity index (χ0v) is 13.7. The molecule has 1 saturated heterocycles. The van der Waals surface area contributed by atoms with E-state index in [2.05, 4.69) is 12.2 Å². The van der Waals surface area contributed by atoms with Crippen LogP contribution < -0.4 is 0 Å². The lowest BCUT2D eigenvalue weighted by molar-refractivity contribution is -0.148. The normalized spacial score (nSPS) is 36.2. The molecule has 2 bridgehead atoms. The van der Waals surface area contributed by atoms with Gasteiger partial charge in [0.2, 0.25) is 0 Å². The molecule has 0 spiro atoms. The predicted molar refractivity (Wildman–Crippen MR) is 81.1 cm³/mol. The van der Waals surface area contributed by atoms with E-state index in [1.165, 1.54) is 7.11 Å². The van der Waals surface area contributed by atoms with Gasteiger partial charge < -0.3 is 9.47 Å². The van der Waals surface area contributed by atoms with E-state index < -0.39 is 17.7 Å².